The van der Waals surface area contributed by atoms with Crippen molar-refractivity contribution in [2.24, 2.45) is 4.99 Å². The van der Waals surface area contributed by atoms with E-state index in [0.29, 0.717) is 32.1 Å². The predicted molar refractivity (Wildman–Crippen MR) is 125 cm³/mol. The molecule has 1 aliphatic rings. The summed E-state index contributed by atoms with van der Waals surface area (Å²) in [6, 6.07) is 11.0. The van der Waals surface area contributed by atoms with Crippen LogP contribution in [-0.2, 0) is 24.3 Å². The Balaban J connectivity index is 0.00000256. The van der Waals surface area contributed by atoms with Gasteiger partial charge in [-0.15, -0.1) is 24.0 Å². The summed E-state index contributed by atoms with van der Waals surface area (Å²) < 4.78 is 30.6. The zero-order valence-corrected chi connectivity index (χ0v) is 19.3. The van der Waals surface area contributed by atoms with Crippen LogP contribution in [0, 0.1) is 12.7 Å². The minimum absolute atomic E-state index is 0. The van der Waals surface area contributed by atoms with Gasteiger partial charge in [-0.05, 0) is 37.1 Å². The maximum Gasteiger partial charge on any atom is 0.191 e. The number of rotatable bonds is 5. The van der Waals surface area contributed by atoms with Gasteiger partial charge in [-0.2, -0.15) is 0 Å². The Hall–Kier alpha value is -2.33. The van der Waals surface area contributed by atoms with E-state index in [1.165, 1.54) is 12.1 Å². The van der Waals surface area contributed by atoms with Gasteiger partial charge in [0.15, 0.2) is 12.8 Å². The van der Waals surface area contributed by atoms with Crippen LogP contribution in [0.3, 0.4) is 0 Å². The molecule has 1 aliphatic heterocycles. The second kappa shape index (κ2) is 10.1. The average molecular weight is 525 g/mol. The molecular weight excluding hydrogens is 500 g/mol. The average Bonchev–Trinajstić information content (AvgIpc) is 3.06. The Morgan fingerprint density at radius 1 is 1.20 bits per heavy atom. The highest BCUT2D eigenvalue weighted by molar-refractivity contribution is 14.0. The molecule has 0 amide bonds. The second-order valence-electron chi connectivity index (χ2n) is 6.91. The fraction of sp³-hybridized carbons (Fsp3) is 0.318. The first-order valence-electron chi connectivity index (χ1n) is 9.59. The van der Waals surface area contributed by atoms with Crippen molar-refractivity contribution >= 4 is 40.9 Å². The number of hydrogen-bond acceptors (Lipinski definition) is 4. The van der Waals surface area contributed by atoms with Crippen LogP contribution in [0.25, 0.3) is 11.0 Å². The summed E-state index contributed by atoms with van der Waals surface area (Å²) in [5.41, 5.74) is 3.56. The van der Waals surface area contributed by atoms with Crippen molar-refractivity contribution in [3.8, 4) is 5.75 Å². The van der Waals surface area contributed by atoms with Gasteiger partial charge in [-0.3, -0.25) is 4.99 Å². The van der Waals surface area contributed by atoms with Crippen molar-refractivity contribution in [3.63, 3.8) is 0 Å². The summed E-state index contributed by atoms with van der Waals surface area (Å²) in [7, 11) is 1.71. The number of benzene rings is 2. The van der Waals surface area contributed by atoms with Crippen LogP contribution >= 0.6 is 24.0 Å². The van der Waals surface area contributed by atoms with E-state index < -0.39 is 0 Å². The number of nitrogens with zero attached hydrogens (tertiary/aromatic N) is 1. The molecule has 1 aromatic heterocycles. The van der Waals surface area contributed by atoms with E-state index in [4.69, 9.17) is 13.9 Å². The monoisotopic (exact) mass is 525 g/mol. The van der Waals surface area contributed by atoms with Gasteiger partial charge in [-0.1, -0.05) is 18.2 Å². The Kier molecular flexibility index (Phi) is 7.54. The van der Waals surface area contributed by atoms with Crippen LogP contribution in [0.1, 0.15) is 22.5 Å². The number of guanidine groups is 1. The van der Waals surface area contributed by atoms with E-state index in [1.807, 2.05) is 18.2 Å². The molecule has 160 valence electrons. The molecule has 30 heavy (non-hydrogen) atoms. The molecule has 0 spiro atoms. The lowest BCUT2D eigenvalue weighted by Crippen LogP contribution is -2.38. The lowest BCUT2D eigenvalue weighted by atomic mass is 10.1. The fourth-order valence-corrected chi connectivity index (χ4v) is 3.54. The van der Waals surface area contributed by atoms with E-state index in [9.17, 15) is 4.39 Å². The highest BCUT2D eigenvalue weighted by Gasteiger charge is 2.17. The highest BCUT2D eigenvalue weighted by atomic mass is 127. The molecular formula is C22H25FIN3O3. The minimum atomic E-state index is -0.282. The van der Waals surface area contributed by atoms with Gasteiger partial charge in [-0.25, -0.2) is 4.39 Å². The molecule has 3 aromatic rings. The summed E-state index contributed by atoms with van der Waals surface area (Å²) in [6.07, 6.45) is 0.602. The second-order valence-corrected chi connectivity index (χ2v) is 6.91. The number of aliphatic imine (C=N–C) groups is 1. The Morgan fingerprint density at radius 2 is 2.03 bits per heavy atom. The van der Waals surface area contributed by atoms with Crippen molar-refractivity contribution in [1.82, 2.24) is 10.6 Å². The van der Waals surface area contributed by atoms with E-state index in [-0.39, 0.29) is 36.6 Å². The third kappa shape index (κ3) is 4.86. The molecule has 0 aliphatic carbocycles. The van der Waals surface area contributed by atoms with Gasteiger partial charge >= 0.3 is 0 Å². The van der Waals surface area contributed by atoms with Crippen molar-refractivity contribution in [2.45, 2.75) is 26.5 Å². The molecule has 0 atom stereocenters. The fourth-order valence-electron chi connectivity index (χ4n) is 3.54. The van der Waals surface area contributed by atoms with Crippen LogP contribution in [0.2, 0.25) is 0 Å². The van der Waals surface area contributed by atoms with Crippen molar-refractivity contribution in [3.05, 3.63) is 64.7 Å². The number of ether oxygens (including phenoxy) is 2. The topological polar surface area (TPSA) is 68.0 Å². The maximum atomic E-state index is 13.9. The number of halogens is 2. The van der Waals surface area contributed by atoms with Gasteiger partial charge in [0, 0.05) is 30.1 Å². The van der Waals surface area contributed by atoms with Crippen LogP contribution in [-0.4, -0.2) is 26.3 Å². The molecule has 0 unspecified atom stereocenters. The molecule has 0 radical (unpaired) electrons. The molecule has 0 bridgehead atoms. The van der Waals surface area contributed by atoms with Crippen molar-refractivity contribution in [1.29, 1.82) is 0 Å². The molecule has 2 aromatic carbocycles. The van der Waals surface area contributed by atoms with E-state index in [1.54, 1.807) is 7.05 Å². The SMILES string of the molecule is CN=C(NCCc1cc(F)cc2c1OCOC2)NCc1oc2ccccc2c1C.I. The first-order chi connectivity index (χ1) is 14.2. The van der Waals surface area contributed by atoms with Crippen molar-refractivity contribution in [2.75, 3.05) is 20.4 Å². The molecule has 0 saturated carbocycles. The smallest absolute Gasteiger partial charge is 0.191 e. The molecule has 0 saturated heterocycles. The molecule has 0 fully saturated rings. The van der Waals surface area contributed by atoms with Crippen LogP contribution < -0.4 is 15.4 Å². The van der Waals surface area contributed by atoms with Crippen LogP contribution in [0.15, 0.2) is 45.8 Å². The lowest BCUT2D eigenvalue weighted by molar-refractivity contribution is -0.0172. The van der Waals surface area contributed by atoms with Crippen LogP contribution in [0.4, 0.5) is 4.39 Å². The standard InChI is InChI=1S/C22H24FN3O3.HI/c1-14-18-5-3-4-6-19(18)29-20(14)11-26-22(24-2)25-8-7-15-9-17(23)10-16-12-27-13-28-21(15)16;/h3-6,9-10H,7-8,11-13H2,1-2H3,(H2,24,25,26);1H. The molecule has 6 nitrogen and oxygen atoms in total. The number of fused-ring (bicyclic) bond motifs is 2. The Morgan fingerprint density at radius 3 is 2.83 bits per heavy atom. The van der Waals surface area contributed by atoms with E-state index >= 15 is 0 Å². The lowest BCUT2D eigenvalue weighted by Gasteiger charge is -2.21. The summed E-state index contributed by atoms with van der Waals surface area (Å²) in [4.78, 5) is 4.25. The zero-order valence-electron chi connectivity index (χ0n) is 17.0. The molecule has 2 heterocycles. The number of hydrogen-bond donors (Lipinski definition) is 2. The number of para-hydroxylation sites is 1. The first-order valence-corrected chi connectivity index (χ1v) is 9.59. The minimum Gasteiger partial charge on any atom is -0.467 e. The van der Waals surface area contributed by atoms with Gasteiger partial charge in [0.05, 0.1) is 13.2 Å². The highest BCUT2D eigenvalue weighted by Crippen LogP contribution is 2.29. The zero-order chi connectivity index (χ0) is 20.2. The molecule has 4 rings (SSSR count). The number of nitrogens with one attached hydrogen (secondary N) is 2. The largest absolute Gasteiger partial charge is 0.467 e. The van der Waals surface area contributed by atoms with Gasteiger partial charge < -0.3 is 24.5 Å². The predicted octanol–water partition coefficient (Wildman–Crippen LogP) is 4.27. The van der Waals surface area contributed by atoms with Gasteiger partial charge in [0.2, 0.25) is 0 Å². The third-order valence-electron chi connectivity index (χ3n) is 5.02. The quantitative estimate of drug-likeness (QED) is 0.296. The Bertz CT molecular complexity index is 1050. The summed E-state index contributed by atoms with van der Waals surface area (Å²) in [5, 5.41) is 7.64. The normalized spacial score (nSPS) is 13.4. The molecule has 2 N–H and O–H groups in total. The summed E-state index contributed by atoms with van der Waals surface area (Å²) in [6.45, 7) is 3.72. The maximum absolute atomic E-state index is 13.9. The summed E-state index contributed by atoms with van der Waals surface area (Å²) >= 11 is 0. The number of furan rings is 1. The van der Waals surface area contributed by atoms with Crippen molar-refractivity contribution < 1.29 is 18.3 Å². The van der Waals surface area contributed by atoms with Gasteiger partial charge in [0.25, 0.3) is 0 Å². The summed E-state index contributed by atoms with van der Waals surface area (Å²) in [5.74, 6) is 1.97. The first kappa shape index (κ1) is 22.4. The van der Waals surface area contributed by atoms with Crippen LogP contribution in [0.5, 0.6) is 5.75 Å². The molecule has 8 heteroatoms. The number of aryl methyl sites for hydroxylation is 1. The third-order valence-corrected chi connectivity index (χ3v) is 5.02. The van der Waals surface area contributed by atoms with Gasteiger partial charge in [0.1, 0.15) is 22.9 Å². The Labute approximate surface area is 191 Å². The van der Waals surface area contributed by atoms with E-state index in [0.717, 1.165) is 39.2 Å². The van der Waals surface area contributed by atoms with E-state index in [2.05, 4.69) is 28.6 Å².